The summed E-state index contributed by atoms with van der Waals surface area (Å²) in [6.07, 6.45) is 2.86. The number of rotatable bonds is 3. The van der Waals surface area contributed by atoms with E-state index in [9.17, 15) is 4.79 Å². The van der Waals surface area contributed by atoms with Gasteiger partial charge in [-0.25, -0.2) is 0 Å². The maximum Gasteiger partial charge on any atom is 0.227 e. The van der Waals surface area contributed by atoms with E-state index in [1.807, 2.05) is 19.9 Å². The van der Waals surface area contributed by atoms with Crippen molar-refractivity contribution >= 4 is 28.4 Å². The van der Waals surface area contributed by atoms with Crippen LogP contribution in [0.15, 0.2) is 24.3 Å². The second kappa shape index (κ2) is 5.38. The lowest BCUT2D eigenvalue weighted by Gasteiger charge is -2.28. The van der Waals surface area contributed by atoms with Gasteiger partial charge in [-0.2, -0.15) is 0 Å². The number of H-pyrrole nitrogens is 1. The quantitative estimate of drug-likeness (QED) is 0.839. The fourth-order valence-corrected chi connectivity index (χ4v) is 3.07. The van der Waals surface area contributed by atoms with Crippen LogP contribution in [0.1, 0.15) is 31.5 Å². The lowest BCUT2D eigenvalue weighted by Crippen LogP contribution is -2.45. The van der Waals surface area contributed by atoms with Crippen molar-refractivity contribution in [2.45, 2.75) is 39.2 Å². The molecule has 0 spiro atoms. The number of carbonyl (C=O) groups excluding carboxylic acids is 1. The third-order valence-corrected chi connectivity index (χ3v) is 5.05. The van der Waals surface area contributed by atoms with Crippen molar-refractivity contribution in [1.82, 2.24) is 10.3 Å². The van der Waals surface area contributed by atoms with Crippen LogP contribution in [0.4, 0.5) is 0 Å². The Kier molecular flexibility index (Phi) is 3.70. The molecule has 3 nitrogen and oxygen atoms in total. The number of hydrogen-bond donors (Lipinski definition) is 2. The molecule has 1 amide bonds. The van der Waals surface area contributed by atoms with Crippen LogP contribution in [-0.4, -0.2) is 22.8 Å². The van der Waals surface area contributed by atoms with E-state index in [1.165, 1.54) is 22.2 Å². The van der Waals surface area contributed by atoms with Crippen LogP contribution in [0.3, 0.4) is 0 Å². The van der Waals surface area contributed by atoms with E-state index in [1.54, 1.807) is 0 Å². The van der Waals surface area contributed by atoms with E-state index >= 15 is 0 Å². The molecule has 0 fully saturated rings. The summed E-state index contributed by atoms with van der Waals surface area (Å²) in [6, 6.07) is 8.60. The van der Waals surface area contributed by atoms with Gasteiger partial charge in [0.15, 0.2) is 0 Å². The van der Waals surface area contributed by atoms with Gasteiger partial charge in [0.1, 0.15) is 0 Å². The molecule has 4 heteroatoms. The molecule has 0 radical (unpaired) electrons. The molecule has 1 aromatic heterocycles. The fraction of sp³-hybridized carbons (Fsp3) is 0.471. The maximum atomic E-state index is 12.2. The van der Waals surface area contributed by atoms with Gasteiger partial charge in [0.25, 0.3) is 0 Å². The molecule has 2 N–H and O–H groups in total. The third kappa shape index (κ3) is 2.67. The zero-order valence-electron chi connectivity index (χ0n) is 12.5. The summed E-state index contributed by atoms with van der Waals surface area (Å²) < 4.78 is 0. The standard InChI is InChI=1S/C17H21ClN2O/c1-17(2,10-18)16(21)19-11-7-8-13-12-5-3-4-6-14(12)20-15(13)9-11/h3-6,11,20H,7-10H2,1-2H3,(H,19,21). The van der Waals surface area contributed by atoms with E-state index < -0.39 is 5.41 Å². The number of aromatic amines is 1. The van der Waals surface area contributed by atoms with Gasteiger partial charge in [-0.15, -0.1) is 11.6 Å². The predicted octanol–water partition coefficient (Wildman–Crippen LogP) is 3.41. The number of halogens is 1. The molecule has 1 aliphatic carbocycles. The number of nitrogens with one attached hydrogen (secondary N) is 2. The topological polar surface area (TPSA) is 44.9 Å². The molecule has 1 atom stereocenters. The second-order valence-electron chi connectivity index (χ2n) is 6.56. The number of hydrogen-bond acceptors (Lipinski definition) is 1. The maximum absolute atomic E-state index is 12.2. The van der Waals surface area contributed by atoms with Gasteiger partial charge >= 0.3 is 0 Å². The summed E-state index contributed by atoms with van der Waals surface area (Å²) in [5.41, 5.74) is 3.35. The number of benzene rings is 1. The average Bonchev–Trinajstić information content (AvgIpc) is 2.84. The minimum absolute atomic E-state index is 0.0436. The summed E-state index contributed by atoms with van der Waals surface area (Å²) in [4.78, 5) is 15.7. The Labute approximate surface area is 130 Å². The third-order valence-electron chi connectivity index (χ3n) is 4.38. The van der Waals surface area contributed by atoms with Crippen LogP contribution >= 0.6 is 11.6 Å². The molecule has 3 rings (SSSR count). The molecule has 1 unspecified atom stereocenters. The predicted molar refractivity (Wildman–Crippen MR) is 86.8 cm³/mol. The van der Waals surface area contributed by atoms with Crippen molar-refractivity contribution in [2.75, 3.05) is 5.88 Å². The van der Waals surface area contributed by atoms with Crippen LogP contribution in [0.5, 0.6) is 0 Å². The van der Waals surface area contributed by atoms with Crippen LogP contribution in [0.2, 0.25) is 0 Å². The SMILES string of the molecule is CC(C)(CCl)C(=O)NC1CCc2c([nH]c3ccccc23)C1. The van der Waals surface area contributed by atoms with Crippen molar-refractivity contribution in [2.24, 2.45) is 5.41 Å². The molecule has 0 saturated carbocycles. The van der Waals surface area contributed by atoms with E-state index in [4.69, 9.17) is 11.6 Å². The Morgan fingerprint density at radius 2 is 2.19 bits per heavy atom. The second-order valence-corrected chi connectivity index (χ2v) is 6.83. The monoisotopic (exact) mass is 304 g/mol. The summed E-state index contributed by atoms with van der Waals surface area (Å²) in [6.45, 7) is 3.76. The van der Waals surface area contributed by atoms with E-state index in [2.05, 4.69) is 28.5 Å². The van der Waals surface area contributed by atoms with Crippen LogP contribution in [0.25, 0.3) is 10.9 Å². The number of para-hydroxylation sites is 1. The van der Waals surface area contributed by atoms with Gasteiger partial charge in [0.05, 0.1) is 5.41 Å². The Balaban J connectivity index is 1.77. The van der Waals surface area contributed by atoms with Gasteiger partial charge in [0.2, 0.25) is 5.91 Å². The molecule has 21 heavy (non-hydrogen) atoms. The Hall–Kier alpha value is -1.48. The molecule has 1 heterocycles. The smallest absolute Gasteiger partial charge is 0.227 e. The molecular weight excluding hydrogens is 284 g/mol. The Bertz CT molecular complexity index is 674. The summed E-state index contributed by atoms with van der Waals surface area (Å²) in [5.74, 6) is 0.380. The normalized spacial score (nSPS) is 18.5. The summed E-state index contributed by atoms with van der Waals surface area (Å²) in [5, 5.41) is 4.47. The molecule has 1 aliphatic rings. The Morgan fingerprint density at radius 3 is 2.95 bits per heavy atom. The Morgan fingerprint density at radius 1 is 1.43 bits per heavy atom. The minimum atomic E-state index is -0.512. The largest absolute Gasteiger partial charge is 0.358 e. The van der Waals surface area contributed by atoms with Crippen molar-refractivity contribution in [3.63, 3.8) is 0 Å². The van der Waals surface area contributed by atoms with Gasteiger partial charge in [0, 0.05) is 34.9 Å². The summed E-state index contributed by atoms with van der Waals surface area (Å²) >= 11 is 5.87. The lowest BCUT2D eigenvalue weighted by atomic mass is 9.89. The number of aryl methyl sites for hydroxylation is 1. The number of alkyl halides is 1. The first-order chi connectivity index (χ1) is 10.0. The molecule has 0 bridgehead atoms. The van der Waals surface area contributed by atoms with Crippen molar-refractivity contribution in [3.8, 4) is 0 Å². The van der Waals surface area contributed by atoms with E-state index in [-0.39, 0.29) is 11.9 Å². The van der Waals surface area contributed by atoms with Crippen molar-refractivity contribution in [1.29, 1.82) is 0 Å². The average molecular weight is 305 g/mol. The van der Waals surface area contributed by atoms with Crippen LogP contribution in [0, 0.1) is 5.41 Å². The number of carbonyl (C=O) groups is 1. The van der Waals surface area contributed by atoms with Crippen molar-refractivity contribution < 1.29 is 4.79 Å². The lowest BCUT2D eigenvalue weighted by molar-refractivity contribution is -0.129. The van der Waals surface area contributed by atoms with E-state index in [0.717, 1.165) is 19.3 Å². The van der Waals surface area contributed by atoms with E-state index in [0.29, 0.717) is 5.88 Å². The van der Waals surface area contributed by atoms with Gasteiger partial charge < -0.3 is 10.3 Å². The number of amides is 1. The number of fused-ring (bicyclic) bond motifs is 3. The van der Waals surface area contributed by atoms with Gasteiger partial charge in [-0.05, 0) is 38.3 Å². The first-order valence-electron chi connectivity index (χ1n) is 7.46. The highest BCUT2D eigenvalue weighted by Crippen LogP contribution is 2.29. The highest BCUT2D eigenvalue weighted by Gasteiger charge is 2.30. The van der Waals surface area contributed by atoms with Crippen LogP contribution in [-0.2, 0) is 17.6 Å². The van der Waals surface area contributed by atoms with Crippen LogP contribution < -0.4 is 5.32 Å². The zero-order chi connectivity index (χ0) is 15.0. The molecule has 0 aliphatic heterocycles. The van der Waals surface area contributed by atoms with Crippen molar-refractivity contribution in [3.05, 3.63) is 35.5 Å². The first kappa shape index (κ1) is 14.5. The number of aromatic nitrogens is 1. The first-order valence-corrected chi connectivity index (χ1v) is 8.00. The van der Waals surface area contributed by atoms with Gasteiger partial charge in [-0.3, -0.25) is 4.79 Å². The molecule has 0 saturated heterocycles. The molecule has 112 valence electrons. The molecule has 1 aromatic carbocycles. The molecule has 2 aromatic rings. The molecular formula is C17H21ClN2O. The highest BCUT2D eigenvalue weighted by atomic mass is 35.5. The van der Waals surface area contributed by atoms with Gasteiger partial charge in [-0.1, -0.05) is 18.2 Å². The minimum Gasteiger partial charge on any atom is -0.358 e. The highest BCUT2D eigenvalue weighted by molar-refractivity contribution is 6.19. The fourth-order valence-electron chi connectivity index (χ4n) is 2.95. The summed E-state index contributed by atoms with van der Waals surface area (Å²) in [7, 11) is 0. The zero-order valence-corrected chi connectivity index (χ0v) is 13.3.